The Morgan fingerprint density at radius 1 is 1.00 bits per heavy atom. The topological polar surface area (TPSA) is 74.6 Å². The van der Waals surface area contributed by atoms with Gasteiger partial charge in [-0.05, 0) is 13.8 Å². The van der Waals surface area contributed by atoms with Gasteiger partial charge in [-0.3, -0.25) is 9.59 Å². The second-order valence-corrected chi connectivity index (χ2v) is 2.74. The highest BCUT2D eigenvalue weighted by Gasteiger charge is 2.52. The van der Waals surface area contributed by atoms with Gasteiger partial charge >= 0.3 is 0 Å². The first-order valence-corrected chi connectivity index (χ1v) is 3.84. The van der Waals surface area contributed by atoms with Gasteiger partial charge in [0.15, 0.2) is 0 Å². The number of carbonyl (C=O) groups excluding carboxylic acids is 2. The molecule has 0 aliphatic heterocycles. The maximum absolute atomic E-state index is 11.2. The molecule has 4 heteroatoms. The van der Waals surface area contributed by atoms with Crippen LogP contribution < -0.4 is 0 Å². The van der Waals surface area contributed by atoms with Gasteiger partial charge in [-0.1, -0.05) is 12.2 Å². The summed E-state index contributed by atoms with van der Waals surface area (Å²) in [6.07, 6.45) is 2.79. The van der Waals surface area contributed by atoms with Crippen LogP contribution in [-0.4, -0.2) is 27.6 Å². The lowest BCUT2D eigenvalue weighted by atomic mass is 10.1. The van der Waals surface area contributed by atoms with Crippen molar-refractivity contribution in [3.8, 4) is 0 Å². The molecule has 0 aromatic carbocycles. The van der Waals surface area contributed by atoms with Gasteiger partial charge in [0.05, 0.1) is 0 Å². The van der Waals surface area contributed by atoms with Gasteiger partial charge in [-0.25, -0.2) is 0 Å². The summed E-state index contributed by atoms with van der Waals surface area (Å²) in [7, 11) is 0. The second kappa shape index (κ2) is 2.90. The quantitative estimate of drug-likeness (QED) is 0.307. The molecule has 0 aromatic rings. The van der Waals surface area contributed by atoms with Crippen molar-refractivity contribution in [2.75, 3.05) is 0 Å². The summed E-state index contributed by atoms with van der Waals surface area (Å²) in [4.78, 5) is 22.4. The number of hydrogen-bond acceptors (Lipinski definition) is 4. The van der Waals surface area contributed by atoms with Crippen LogP contribution in [0, 0.1) is 0 Å². The molecule has 0 spiro atoms. The largest absolute Gasteiger partial charge is 0.353 e. The maximum Gasteiger partial charge on any atom is 0.295 e. The molecule has 4 nitrogen and oxygen atoms in total. The predicted molar refractivity (Wildman–Crippen MR) is 44.7 cm³/mol. The van der Waals surface area contributed by atoms with Crippen molar-refractivity contribution >= 4 is 11.6 Å². The van der Waals surface area contributed by atoms with Crippen LogP contribution in [0.15, 0.2) is 23.3 Å². The summed E-state index contributed by atoms with van der Waals surface area (Å²) < 4.78 is 0. The van der Waals surface area contributed by atoms with Crippen LogP contribution in [0.25, 0.3) is 0 Å². The monoisotopic (exact) mass is 182 g/mol. The highest BCUT2D eigenvalue weighted by molar-refractivity contribution is 6.33. The first kappa shape index (κ1) is 9.83. The van der Waals surface area contributed by atoms with E-state index in [4.69, 9.17) is 10.2 Å². The van der Waals surface area contributed by atoms with Gasteiger partial charge in [-0.2, -0.15) is 0 Å². The smallest absolute Gasteiger partial charge is 0.295 e. The van der Waals surface area contributed by atoms with E-state index >= 15 is 0 Å². The van der Waals surface area contributed by atoms with Crippen LogP contribution >= 0.6 is 0 Å². The molecule has 0 bridgehead atoms. The summed E-state index contributed by atoms with van der Waals surface area (Å²) in [5.74, 6) is -4.76. The highest BCUT2D eigenvalue weighted by Crippen LogP contribution is 2.30. The molecule has 1 saturated carbocycles. The molecule has 13 heavy (non-hydrogen) atoms. The van der Waals surface area contributed by atoms with E-state index in [1.165, 1.54) is 12.2 Å². The Balaban J connectivity index is 3.36. The Bertz CT molecular complexity index is 302. The molecular weight excluding hydrogens is 172 g/mol. The van der Waals surface area contributed by atoms with Crippen LogP contribution in [0.4, 0.5) is 0 Å². The van der Waals surface area contributed by atoms with Crippen LogP contribution in [0.1, 0.15) is 13.8 Å². The van der Waals surface area contributed by atoms with Crippen molar-refractivity contribution in [2.24, 2.45) is 0 Å². The third kappa shape index (κ3) is 1.15. The zero-order chi connectivity index (χ0) is 10.2. The van der Waals surface area contributed by atoms with E-state index < -0.39 is 17.4 Å². The van der Waals surface area contributed by atoms with Crippen LogP contribution in [-0.2, 0) is 9.59 Å². The third-order valence-electron chi connectivity index (χ3n) is 1.99. The number of hydrogen-bond donors (Lipinski definition) is 2. The molecule has 2 N–H and O–H groups in total. The van der Waals surface area contributed by atoms with E-state index in [1.807, 2.05) is 0 Å². The number of rotatable bonds is 0. The van der Waals surface area contributed by atoms with Crippen LogP contribution in [0.2, 0.25) is 0 Å². The number of carbonyl (C=O) groups is 2. The minimum absolute atomic E-state index is 0.0671. The van der Waals surface area contributed by atoms with Gasteiger partial charge < -0.3 is 10.2 Å². The molecule has 1 aliphatic carbocycles. The van der Waals surface area contributed by atoms with E-state index in [9.17, 15) is 9.59 Å². The van der Waals surface area contributed by atoms with Crippen molar-refractivity contribution in [1.29, 1.82) is 0 Å². The molecule has 0 radical (unpaired) electrons. The van der Waals surface area contributed by atoms with E-state index in [1.54, 1.807) is 13.8 Å². The first-order valence-electron chi connectivity index (χ1n) is 3.84. The van der Waals surface area contributed by atoms with Gasteiger partial charge in [0.2, 0.25) is 11.6 Å². The molecule has 0 saturated heterocycles. The molecule has 0 unspecified atom stereocenters. The van der Waals surface area contributed by atoms with Gasteiger partial charge in [0, 0.05) is 11.1 Å². The fourth-order valence-electron chi connectivity index (χ4n) is 1.30. The Morgan fingerprint density at radius 3 is 1.54 bits per heavy atom. The number of Topliss-reactive ketones (excluding diaryl/α,β-unsaturated/α-hetero) is 2. The molecule has 0 amide bonds. The Morgan fingerprint density at radius 2 is 1.31 bits per heavy atom. The Kier molecular flexibility index (Phi) is 2.19. The van der Waals surface area contributed by atoms with Crippen molar-refractivity contribution in [3.63, 3.8) is 0 Å². The minimum atomic E-state index is -2.86. The van der Waals surface area contributed by atoms with Gasteiger partial charge in [-0.15, -0.1) is 0 Å². The lowest BCUT2D eigenvalue weighted by Crippen LogP contribution is -2.40. The summed E-state index contributed by atoms with van der Waals surface area (Å²) in [5.41, 5.74) is 0.134. The Labute approximate surface area is 75.2 Å². The zero-order valence-corrected chi connectivity index (χ0v) is 7.37. The predicted octanol–water partition coefficient (Wildman–Crippen LogP) is -0.288. The third-order valence-corrected chi connectivity index (χ3v) is 1.99. The van der Waals surface area contributed by atoms with Gasteiger partial charge in [0.1, 0.15) is 0 Å². The maximum atomic E-state index is 11.2. The molecule has 0 heterocycles. The van der Waals surface area contributed by atoms with Crippen molar-refractivity contribution in [2.45, 2.75) is 19.6 Å². The van der Waals surface area contributed by atoms with Crippen molar-refractivity contribution < 1.29 is 19.8 Å². The average molecular weight is 182 g/mol. The first-order chi connectivity index (χ1) is 5.96. The van der Waals surface area contributed by atoms with Gasteiger partial charge in [0.25, 0.3) is 5.79 Å². The number of ketones is 2. The summed E-state index contributed by atoms with van der Waals surface area (Å²) in [5, 5.41) is 18.2. The lowest BCUT2D eigenvalue weighted by Gasteiger charge is -2.07. The Hall–Kier alpha value is -1.26. The van der Waals surface area contributed by atoms with E-state index in [-0.39, 0.29) is 11.1 Å². The van der Waals surface area contributed by atoms with Crippen molar-refractivity contribution in [3.05, 3.63) is 23.3 Å². The van der Waals surface area contributed by atoms with E-state index in [2.05, 4.69) is 0 Å². The van der Waals surface area contributed by atoms with Crippen LogP contribution in [0.3, 0.4) is 0 Å². The SMILES string of the molecule is C/C=C1/C(=O)C(O)(O)C(=O)/C1=C/C. The molecule has 70 valence electrons. The summed E-state index contributed by atoms with van der Waals surface area (Å²) >= 11 is 0. The minimum Gasteiger partial charge on any atom is -0.353 e. The molecule has 1 rings (SSSR count). The standard InChI is InChI=1S/C9H10O4/c1-3-5-6(4-2)8(11)9(12,13)7(5)10/h3-4,12-13H,1-2H3/b5-3+,6-4+. The zero-order valence-electron chi connectivity index (χ0n) is 7.37. The average Bonchev–Trinajstić information content (AvgIpc) is 2.26. The highest BCUT2D eigenvalue weighted by atomic mass is 16.5. The number of aliphatic hydroxyl groups is 2. The normalized spacial score (nSPS) is 27.7. The summed E-state index contributed by atoms with van der Waals surface area (Å²) in [6.45, 7) is 3.12. The van der Waals surface area contributed by atoms with Crippen molar-refractivity contribution in [1.82, 2.24) is 0 Å². The van der Waals surface area contributed by atoms with E-state index in [0.717, 1.165) is 0 Å². The summed E-state index contributed by atoms with van der Waals surface area (Å²) in [6, 6.07) is 0. The fourth-order valence-corrected chi connectivity index (χ4v) is 1.30. The number of allylic oxidation sites excluding steroid dienone is 2. The molecular formula is C9H10O4. The molecule has 0 aromatic heterocycles. The molecule has 1 fully saturated rings. The fraction of sp³-hybridized carbons (Fsp3) is 0.333. The molecule has 0 atom stereocenters. The lowest BCUT2D eigenvalue weighted by molar-refractivity contribution is -0.179. The second-order valence-electron chi connectivity index (χ2n) is 2.74. The van der Waals surface area contributed by atoms with Crippen LogP contribution in [0.5, 0.6) is 0 Å². The molecule has 1 aliphatic rings. The van der Waals surface area contributed by atoms with E-state index in [0.29, 0.717) is 0 Å².